The van der Waals surface area contributed by atoms with Crippen molar-refractivity contribution in [3.05, 3.63) is 35.9 Å². The maximum absolute atomic E-state index is 12.4. The van der Waals surface area contributed by atoms with Gasteiger partial charge in [0, 0.05) is 12.1 Å². The normalized spacial score (nSPS) is 26.5. The predicted molar refractivity (Wildman–Crippen MR) is 94.1 cm³/mol. The summed E-state index contributed by atoms with van der Waals surface area (Å²) in [5.41, 5.74) is 0.820. The van der Waals surface area contributed by atoms with Crippen molar-refractivity contribution in [3.8, 4) is 0 Å². The Hall–Kier alpha value is -1.52. The molecule has 0 amide bonds. The van der Waals surface area contributed by atoms with E-state index < -0.39 is 16.3 Å². The summed E-state index contributed by atoms with van der Waals surface area (Å²) in [6.45, 7) is -0.206. The van der Waals surface area contributed by atoms with Gasteiger partial charge in [0.15, 0.2) is 0 Å². The molecular weight excluding hydrogens is 362 g/mol. The summed E-state index contributed by atoms with van der Waals surface area (Å²) in [5, 5.41) is 9.53. The van der Waals surface area contributed by atoms with Crippen molar-refractivity contribution in [1.29, 1.82) is 0 Å². The molecule has 0 radical (unpaired) electrons. The van der Waals surface area contributed by atoms with Crippen LogP contribution in [0, 0.1) is 0 Å². The quantitative estimate of drug-likeness (QED) is 0.521. The fourth-order valence-corrected chi connectivity index (χ4v) is 3.71. The Labute approximate surface area is 153 Å². The molecule has 3 N–H and O–H groups in total. The van der Waals surface area contributed by atoms with Crippen LogP contribution in [0.1, 0.15) is 37.2 Å². The molecule has 2 aliphatic heterocycles. The molecule has 1 aromatic carbocycles. The number of hydrogen-bond acceptors (Lipinski definition) is 6. The summed E-state index contributed by atoms with van der Waals surface area (Å²) in [4.78, 5) is 14.8. The molecule has 2 fully saturated rings. The van der Waals surface area contributed by atoms with E-state index in [0.29, 0.717) is 12.1 Å². The van der Waals surface area contributed by atoms with Gasteiger partial charge in [-0.3, -0.25) is 13.9 Å². The van der Waals surface area contributed by atoms with E-state index in [1.165, 1.54) is 12.8 Å². The number of rotatable bonds is 4. The van der Waals surface area contributed by atoms with E-state index in [-0.39, 0.29) is 18.7 Å². The molecule has 26 heavy (non-hydrogen) atoms. The maximum atomic E-state index is 12.4. The van der Waals surface area contributed by atoms with Crippen molar-refractivity contribution < 1.29 is 32.2 Å². The van der Waals surface area contributed by atoms with Gasteiger partial charge >= 0.3 is 16.4 Å². The molecule has 2 aliphatic rings. The van der Waals surface area contributed by atoms with E-state index in [2.05, 4.69) is 11.9 Å². The van der Waals surface area contributed by atoms with Crippen molar-refractivity contribution in [2.24, 2.45) is 0 Å². The lowest BCUT2D eigenvalue weighted by molar-refractivity contribution is -0.155. The van der Waals surface area contributed by atoms with Gasteiger partial charge in [0.1, 0.15) is 12.0 Å². The second-order valence-corrected chi connectivity index (χ2v) is 7.57. The molecule has 0 saturated carbocycles. The fraction of sp³-hybridized carbons (Fsp3) is 0.588. The van der Waals surface area contributed by atoms with Gasteiger partial charge in [0.2, 0.25) is 0 Å². The summed E-state index contributed by atoms with van der Waals surface area (Å²) in [5.74, 6) is -0.860. The van der Waals surface area contributed by atoms with Crippen molar-refractivity contribution >= 4 is 16.4 Å². The molecule has 3 rings (SSSR count). The van der Waals surface area contributed by atoms with E-state index in [0.717, 1.165) is 18.4 Å². The minimum atomic E-state index is -4.67. The van der Waals surface area contributed by atoms with Crippen molar-refractivity contribution in [2.45, 2.75) is 49.8 Å². The molecule has 2 saturated heterocycles. The molecule has 2 unspecified atom stereocenters. The zero-order valence-corrected chi connectivity index (χ0v) is 15.4. The standard InChI is InChI=1S/C17H23NO3.H2O4S/c1-18-13-7-8-14(18)10-15(9-13)21-17(20)16(11-19)12-5-3-2-4-6-12;1-5(2,3)4/h2-6,13-16,19H,7-11H2,1H3;(H2,1,2,3,4)/t13?,14?,15?,16-;/m1./s1. The van der Waals surface area contributed by atoms with Gasteiger partial charge < -0.3 is 14.7 Å². The highest BCUT2D eigenvalue weighted by molar-refractivity contribution is 7.79. The lowest BCUT2D eigenvalue weighted by Crippen LogP contribution is -2.43. The lowest BCUT2D eigenvalue weighted by Gasteiger charge is -2.36. The molecule has 0 spiro atoms. The third-order valence-corrected chi connectivity index (χ3v) is 5.01. The maximum Gasteiger partial charge on any atom is 0.394 e. The van der Waals surface area contributed by atoms with Crippen LogP contribution in [0.4, 0.5) is 0 Å². The first-order chi connectivity index (χ1) is 12.2. The Balaban J connectivity index is 0.000000431. The van der Waals surface area contributed by atoms with Crippen LogP contribution in [-0.2, 0) is 19.9 Å². The lowest BCUT2D eigenvalue weighted by atomic mass is 9.98. The monoisotopic (exact) mass is 387 g/mol. The summed E-state index contributed by atoms with van der Waals surface area (Å²) >= 11 is 0. The molecule has 3 atom stereocenters. The van der Waals surface area contributed by atoms with Crippen LogP contribution in [0.3, 0.4) is 0 Å². The number of hydrogen-bond donors (Lipinski definition) is 3. The second-order valence-electron chi connectivity index (χ2n) is 6.67. The van der Waals surface area contributed by atoms with Crippen LogP contribution in [0.5, 0.6) is 0 Å². The predicted octanol–water partition coefficient (Wildman–Crippen LogP) is 1.28. The van der Waals surface area contributed by atoms with Crippen LogP contribution in [0.15, 0.2) is 30.3 Å². The average molecular weight is 387 g/mol. The van der Waals surface area contributed by atoms with Gasteiger partial charge in [-0.05, 0) is 38.3 Å². The molecule has 1 aromatic rings. The van der Waals surface area contributed by atoms with Gasteiger partial charge in [-0.15, -0.1) is 0 Å². The van der Waals surface area contributed by atoms with E-state index in [9.17, 15) is 9.90 Å². The molecule has 2 heterocycles. The third-order valence-electron chi connectivity index (χ3n) is 5.01. The number of fused-ring (bicyclic) bond motifs is 2. The van der Waals surface area contributed by atoms with Crippen LogP contribution in [0.25, 0.3) is 0 Å². The smallest absolute Gasteiger partial charge is 0.394 e. The Kier molecular flexibility index (Phi) is 7.13. The Morgan fingerprint density at radius 3 is 2.15 bits per heavy atom. The van der Waals surface area contributed by atoms with Crippen LogP contribution in [-0.4, -0.2) is 65.3 Å². The highest BCUT2D eigenvalue weighted by Gasteiger charge is 2.40. The van der Waals surface area contributed by atoms with E-state index >= 15 is 0 Å². The molecule has 0 aromatic heterocycles. The first-order valence-corrected chi connectivity index (χ1v) is 9.87. The highest BCUT2D eigenvalue weighted by atomic mass is 32.3. The van der Waals surface area contributed by atoms with Gasteiger partial charge in [-0.2, -0.15) is 8.42 Å². The zero-order chi connectivity index (χ0) is 19.3. The first-order valence-electron chi connectivity index (χ1n) is 8.47. The van der Waals surface area contributed by atoms with E-state index in [4.69, 9.17) is 22.3 Å². The van der Waals surface area contributed by atoms with Crippen molar-refractivity contribution in [1.82, 2.24) is 4.90 Å². The van der Waals surface area contributed by atoms with E-state index in [1.807, 2.05) is 30.3 Å². The number of carbonyl (C=O) groups is 1. The minimum absolute atomic E-state index is 0.00367. The number of nitrogens with zero attached hydrogens (tertiary/aromatic N) is 1. The van der Waals surface area contributed by atoms with Gasteiger partial charge in [0.05, 0.1) is 6.61 Å². The van der Waals surface area contributed by atoms with E-state index in [1.54, 1.807) is 0 Å². The molecule has 2 bridgehead atoms. The minimum Gasteiger partial charge on any atom is -0.462 e. The number of carbonyl (C=O) groups excluding carboxylic acids is 1. The molecule has 8 nitrogen and oxygen atoms in total. The fourth-order valence-electron chi connectivity index (χ4n) is 3.71. The number of aliphatic hydroxyl groups is 1. The number of esters is 1. The van der Waals surface area contributed by atoms with Crippen LogP contribution < -0.4 is 0 Å². The number of piperidine rings is 1. The van der Waals surface area contributed by atoms with Crippen LogP contribution >= 0.6 is 0 Å². The summed E-state index contributed by atoms with van der Waals surface area (Å²) in [6, 6.07) is 10.5. The summed E-state index contributed by atoms with van der Waals surface area (Å²) in [7, 11) is -2.50. The highest BCUT2D eigenvalue weighted by Crippen LogP contribution is 2.36. The molecule has 0 aliphatic carbocycles. The number of benzene rings is 1. The number of ether oxygens (including phenoxy) is 1. The Morgan fingerprint density at radius 2 is 1.69 bits per heavy atom. The second kappa shape index (κ2) is 8.92. The third kappa shape index (κ3) is 6.03. The summed E-state index contributed by atoms with van der Waals surface area (Å²) < 4.78 is 37.3. The van der Waals surface area contributed by atoms with Gasteiger partial charge in [0.25, 0.3) is 0 Å². The first kappa shape index (κ1) is 20.8. The van der Waals surface area contributed by atoms with Gasteiger partial charge in [-0.25, -0.2) is 0 Å². The van der Waals surface area contributed by atoms with Gasteiger partial charge in [-0.1, -0.05) is 30.3 Å². The largest absolute Gasteiger partial charge is 0.462 e. The molecular formula is C17H25NO7S. The summed E-state index contributed by atoms with van der Waals surface area (Å²) in [6.07, 6.45) is 4.26. The Morgan fingerprint density at radius 1 is 1.19 bits per heavy atom. The van der Waals surface area contributed by atoms with Crippen LogP contribution in [0.2, 0.25) is 0 Å². The van der Waals surface area contributed by atoms with Crippen molar-refractivity contribution in [3.63, 3.8) is 0 Å². The topological polar surface area (TPSA) is 124 Å². The average Bonchev–Trinajstić information content (AvgIpc) is 2.77. The molecule has 146 valence electrons. The Bertz CT molecular complexity index is 672. The SMILES string of the molecule is CN1C2CCC1CC(OC(=O)[C@H](CO)c1ccccc1)C2.O=S(=O)(O)O. The zero-order valence-electron chi connectivity index (χ0n) is 14.6. The van der Waals surface area contributed by atoms with Crippen molar-refractivity contribution in [2.75, 3.05) is 13.7 Å². The molecule has 9 heteroatoms. The number of aliphatic hydroxyl groups excluding tert-OH is 1.